The minimum Gasteiger partial charge on any atom is -0.505 e. The molecule has 4 aromatic heterocycles. The van der Waals surface area contributed by atoms with Crippen LogP contribution in [0.1, 0.15) is 31.4 Å². The predicted octanol–water partition coefficient (Wildman–Crippen LogP) is 12.7. The van der Waals surface area contributed by atoms with E-state index < -0.39 is 0 Å². The smallest absolute Gasteiger partial charge is 0.149 e. The lowest BCUT2D eigenvalue weighted by atomic mass is 10.0. The molecular weight excluding hydrogens is 757 g/mol. The Labute approximate surface area is 353 Å². The van der Waals surface area contributed by atoms with Crippen LogP contribution in [0, 0.1) is 13.8 Å². The Morgan fingerprint density at radius 2 is 0.820 bits per heavy atom. The standard InChI is InChI=1S/C53H44N4O4/c1-32-27-40(52(58)46(29-32)56-42-19-9-5-15-36(42)37-16-6-10-20-43(37)56)50-48(23-13-25-54-50)60-34(3)31-35(4)61-49-24-14-26-55-51(49)41-28-33(2)30-47(53(41)59)57-44-21-11-7-17-38(44)39-18-8-12-22-45(39)57/h5-30,34-35,58-59H,31H2,1-4H3/t34-,35-/m0/s1. The van der Waals surface area contributed by atoms with Crippen molar-refractivity contribution < 1.29 is 19.7 Å². The van der Waals surface area contributed by atoms with E-state index in [0.717, 1.165) is 54.7 Å². The molecule has 0 bridgehead atoms. The van der Waals surface area contributed by atoms with Crippen LogP contribution in [-0.4, -0.2) is 41.5 Å². The molecule has 0 aliphatic carbocycles. The van der Waals surface area contributed by atoms with Crippen molar-refractivity contribution in [1.82, 2.24) is 19.1 Å². The molecule has 0 unspecified atom stereocenters. The summed E-state index contributed by atoms with van der Waals surface area (Å²) in [5.74, 6) is 1.35. The normalized spacial score (nSPS) is 12.7. The van der Waals surface area contributed by atoms with Gasteiger partial charge in [-0.2, -0.15) is 0 Å². The molecular formula is C53H44N4O4. The summed E-state index contributed by atoms with van der Waals surface area (Å²) in [6.07, 6.45) is 3.38. The van der Waals surface area contributed by atoms with Gasteiger partial charge in [-0.1, -0.05) is 72.8 Å². The number of phenols is 2. The van der Waals surface area contributed by atoms with Gasteiger partial charge in [-0.15, -0.1) is 0 Å². The first-order valence-corrected chi connectivity index (χ1v) is 20.6. The Morgan fingerprint density at radius 3 is 1.18 bits per heavy atom. The second kappa shape index (κ2) is 15.2. The van der Waals surface area contributed by atoms with Gasteiger partial charge in [0.25, 0.3) is 0 Å². The van der Waals surface area contributed by atoms with Gasteiger partial charge < -0.3 is 28.8 Å². The lowest BCUT2D eigenvalue weighted by molar-refractivity contribution is 0.131. The molecule has 0 saturated heterocycles. The first kappa shape index (κ1) is 37.7. The van der Waals surface area contributed by atoms with Crippen molar-refractivity contribution in [2.45, 2.75) is 46.3 Å². The molecule has 10 rings (SSSR count). The number of hydrogen-bond acceptors (Lipinski definition) is 6. The molecule has 0 saturated carbocycles. The average molecular weight is 801 g/mol. The summed E-state index contributed by atoms with van der Waals surface area (Å²) in [5.41, 5.74) is 9.61. The van der Waals surface area contributed by atoms with Gasteiger partial charge in [-0.3, -0.25) is 9.97 Å². The zero-order valence-corrected chi connectivity index (χ0v) is 34.4. The fourth-order valence-corrected chi connectivity index (χ4v) is 8.96. The fourth-order valence-electron chi connectivity index (χ4n) is 8.96. The van der Waals surface area contributed by atoms with Crippen LogP contribution in [-0.2, 0) is 0 Å². The summed E-state index contributed by atoms with van der Waals surface area (Å²) in [6.45, 7) is 8.06. The number of aryl methyl sites for hydroxylation is 2. The van der Waals surface area contributed by atoms with Crippen LogP contribution in [0.3, 0.4) is 0 Å². The van der Waals surface area contributed by atoms with Crippen LogP contribution in [0.2, 0.25) is 0 Å². The van der Waals surface area contributed by atoms with E-state index >= 15 is 0 Å². The highest BCUT2D eigenvalue weighted by Gasteiger charge is 2.24. The van der Waals surface area contributed by atoms with Gasteiger partial charge in [0.2, 0.25) is 0 Å². The van der Waals surface area contributed by atoms with E-state index in [1.165, 1.54) is 0 Å². The second-order valence-corrected chi connectivity index (χ2v) is 15.9. The molecule has 300 valence electrons. The van der Waals surface area contributed by atoms with Crippen molar-refractivity contribution in [3.8, 4) is 56.9 Å². The van der Waals surface area contributed by atoms with Crippen molar-refractivity contribution >= 4 is 43.6 Å². The van der Waals surface area contributed by atoms with Gasteiger partial charge in [-0.25, -0.2) is 0 Å². The molecule has 0 aliphatic rings. The number of aromatic nitrogens is 4. The van der Waals surface area contributed by atoms with Crippen LogP contribution in [0.15, 0.2) is 158 Å². The number of rotatable bonds is 10. The zero-order chi connectivity index (χ0) is 41.8. The minimum atomic E-state index is -0.295. The largest absolute Gasteiger partial charge is 0.505 e. The van der Waals surface area contributed by atoms with Crippen LogP contribution in [0.4, 0.5) is 0 Å². The van der Waals surface area contributed by atoms with Gasteiger partial charge in [0.15, 0.2) is 0 Å². The van der Waals surface area contributed by atoms with Crippen molar-refractivity contribution in [2.24, 2.45) is 0 Å². The van der Waals surface area contributed by atoms with E-state index in [9.17, 15) is 10.2 Å². The molecule has 0 radical (unpaired) electrons. The van der Waals surface area contributed by atoms with Crippen molar-refractivity contribution in [3.63, 3.8) is 0 Å². The van der Waals surface area contributed by atoms with Gasteiger partial charge in [0.1, 0.15) is 34.4 Å². The number of nitrogens with zero attached hydrogens (tertiary/aromatic N) is 4. The van der Waals surface area contributed by atoms with Crippen molar-refractivity contribution in [2.75, 3.05) is 0 Å². The number of phenolic OH excluding ortho intramolecular Hbond substituents is 2. The van der Waals surface area contributed by atoms with E-state index in [-0.39, 0.29) is 23.7 Å². The molecule has 6 aromatic carbocycles. The maximum absolute atomic E-state index is 12.1. The first-order chi connectivity index (χ1) is 29.7. The van der Waals surface area contributed by atoms with Gasteiger partial charge in [-0.05, 0) is 112 Å². The molecule has 2 atom stereocenters. The summed E-state index contributed by atoms with van der Waals surface area (Å²) in [7, 11) is 0. The zero-order valence-electron chi connectivity index (χ0n) is 34.4. The Kier molecular flexibility index (Phi) is 9.40. The molecule has 8 heteroatoms. The van der Waals surface area contributed by atoms with E-state index in [2.05, 4.69) is 57.7 Å². The second-order valence-electron chi connectivity index (χ2n) is 15.9. The third-order valence-electron chi connectivity index (χ3n) is 11.5. The molecule has 0 fully saturated rings. The number of ether oxygens (including phenoxy) is 2. The van der Waals surface area contributed by atoms with E-state index in [4.69, 9.17) is 19.4 Å². The Morgan fingerprint density at radius 1 is 0.475 bits per heavy atom. The van der Waals surface area contributed by atoms with Crippen LogP contribution in [0.25, 0.3) is 77.5 Å². The monoisotopic (exact) mass is 800 g/mol. The van der Waals surface area contributed by atoms with Crippen LogP contribution in [0.5, 0.6) is 23.0 Å². The number of fused-ring (bicyclic) bond motifs is 6. The maximum Gasteiger partial charge on any atom is 0.149 e. The summed E-state index contributed by atoms with van der Waals surface area (Å²) in [5, 5.41) is 28.6. The van der Waals surface area contributed by atoms with Crippen LogP contribution >= 0.6 is 0 Å². The lowest BCUT2D eigenvalue weighted by Gasteiger charge is -2.23. The highest BCUT2D eigenvalue weighted by Crippen LogP contribution is 2.44. The van der Waals surface area contributed by atoms with Gasteiger partial charge in [0, 0.05) is 51.5 Å². The van der Waals surface area contributed by atoms with E-state index in [1.54, 1.807) is 12.4 Å². The number of hydrogen-bond donors (Lipinski definition) is 2. The Balaban J connectivity index is 0.936. The Bertz CT molecular complexity index is 2970. The predicted molar refractivity (Wildman–Crippen MR) is 246 cm³/mol. The maximum atomic E-state index is 12.1. The third-order valence-corrected chi connectivity index (χ3v) is 11.5. The molecule has 61 heavy (non-hydrogen) atoms. The van der Waals surface area contributed by atoms with E-state index in [1.807, 2.05) is 125 Å². The SMILES string of the molecule is Cc1cc(-c2ncccc2O[C@@H](C)C[C@H](C)Oc2cccnc2-c2cc(C)cc(-n3c4ccccc4c4ccccc43)c2O)c(O)c(-n2c3ccccc3c3ccccc32)c1. The van der Waals surface area contributed by atoms with Crippen molar-refractivity contribution in [3.05, 3.63) is 169 Å². The number of benzene rings is 6. The molecule has 0 amide bonds. The molecule has 2 N–H and O–H groups in total. The molecule has 10 aromatic rings. The van der Waals surface area contributed by atoms with Crippen LogP contribution < -0.4 is 9.47 Å². The van der Waals surface area contributed by atoms with Gasteiger partial charge >= 0.3 is 0 Å². The number of pyridine rings is 2. The average Bonchev–Trinajstić information content (AvgIpc) is 3.78. The van der Waals surface area contributed by atoms with E-state index in [0.29, 0.717) is 51.8 Å². The van der Waals surface area contributed by atoms with Gasteiger partial charge in [0.05, 0.1) is 45.6 Å². The number of aromatic hydroxyl groups is 2. The van der Waals surface area contributed by atoms with Crippen molar-refractivity contribution in [1.29, 1.82) is 0 Å². The number of para-hydroxylation sites is 4. The lowest BCUT2D eigenvalue weighted by Crippen LogP contribution is -2.23. The topological polar surface area (TPSA) is 94.6 Å². The quantitative estimate of drug-likeness (QED) is 0.143. The molecule has 4 heterocycles. The molecule has 0 spiro atoms. The summed E-state index contributed by atoms with van der Waals surface area (Å²) < 4.78 is 17.5. The summed E-state index contributed by atoms with van der Waals surface area (Å²) in [6, 6.07) is 48.4. The minimum absolute atomic E-state index is 0.120. The third kappa shape index (κ3) is 6.57. The molecule has 8 nitrogen and oxygen atoms in total. The fraction of sp³-hybridized carbons (Fsp3) is 0.132. The Hall–Kier alpha value is -7.58. The summed E-state index contributed by atoms with van der Waals surface area (Å²) in [4.78, 5) is 9.52. The highest BCUT2D eigenvalue weighted by atomic mass is 16.5. The highest BCUT2D eigenvalue weighted by molar-refractivity contribution is 6.10. The first-order valence-electron chi connectivity index (χ1n) is 20.6. The summed E-state index contributed by atoms with van der Waals surface area (Å²) >= 11 is 0. The molecule has 0 aliphatic heterocycles.